The van der Waals surface area contributed by atoms with Crippen molar-refractivity contribution < 1.29 is 8.42 Å². The van der Waals surface area contributed by atoms with Crippen LogP contribution in [0.15, 0.2) is 0 Å². The average molecular weight is 197 g/mol. The number of hydrazine groups is 1. The van der Waals surface area contributed by atoms with Crippen molar-refractivity contribution in [3.8, 4) is 0 Å². The maximum Gasteiger partial charge on any atom is 0.230 e. The molecule has 7 heteroatoms. The molecule has 0 aromatic heterocycles. The van der Waals surface area contributed by atoms with Crippen molar-refractivity contribution in [1.82, 2.24) is 9.84 Å². The zero-order valence-electron chi connectivity index (χ0n) is 6.36. The van der Waals surface area contributed by atoms with E-state index in [1.807, 2.05) is 0 Å². The van der Waals surface area contributed by atoms with Crippen molar-refractivity contribution in [3.63, 3.8) is 0 Å². The highest BCUT2D eigenvalue weighted by Crippen LogP contribution is 1.84. The molecule has 0 amide bonds. The van der Waals surface area contributed by atoms with Crippen molar-refractivity contribution in [2.24, 2.45) is 5.73 Å². The minimum Gasteiger partial charge on any atom is -0.392 e. The summed E-state index contributed by atoms with van der Waals surface area (Å²) in [5.41, 5.74) is 5.05. The van der Waals surface area contributed by atoms with Crippen LogP contribution in [-0.4, -0.2) is 38.3 Å². The molecule has 0 aliphatic carbocycles. The molecule has 0 aromatic rings. The SMILES string of the molecule is CN(C)NS(=O)(=O)CC(N)=S. The molecule has 0 aliphatic heterocycles. The standard InChI is InChI=1S/C4H11N3O2S2/c1-7(2)6-11(8,9)3-4(5)10/h6H,3H2,1-2H3,(H2,5,10). The Kier molecular flexibility index (Phi) is 3.87. The average Bonchev–Trinajstić information content (AvgIpc) is 1.53. The number of nitrogens with two attached hydrogens (primary N) is 1. The molecule has 0 spiro atoms. The van der Waals surface area contributed by atoms with Gasteiger partial charge in [0.25, 0.3) is 0 Å². The lowest BCUT2D eigenvalue weighted by atomic mass is 10.8. The Morgan fingerprint density at radius 3 is 2.36 bits per heavy atom. The number of hydrogen-bond acceptors (Lipinski definition) is 4. The third-order valence-electron chi connectivity index (χ3n) is 0.654. The van der Waals surface area contributed by atoms with E-state index in [9.17, 15) is 8.42 Å². The van der Waals surface area contributed by atoms with Gasteiger partial charge in [-0.3, -0.25) is 0 Å². The lowest BCUT2D eigenvalue weighted by Crippen LogP contribution is -2.40. The van der Waals surface area contributed by atoms with Gasteiger partial charge in [-0.25, -0.2) is 13.4 Å². The summed E-state index contributed by atoms with van der Waals surface area (Å²) in [5, 5.41) is 1.31. The van der Waals surface area contributed by atoms with Crippen LogP contribution in [0, 0.1) is 0 Å². The van der Waals surface area contributed by atoms with Gasteiger partial charge in [-0.1, -0.05) is 12.2 Å². The van der Waals surface area contributed by atoms with Crippen LogP contribution < -0.4 is 10.6 Å². The fraction of sp³-hybridized carbons (Fsp3) is 0.750. The fourth-order valence-electron chi connectivity index (χ4n) is 0.498. The van der Waals surface area contributed by atoms with Gasteiger partial charge in [0.2, 0.25) is 10.0 Å². The highest BCUT2D eigenvalue weighted by molar-refractivity contribution is 7.92. The highest BCUT2D eigenvalue weighted by atomic mass is 32.2. The Labute approximate surface area is 71.6 Å². The lowest BCUT2D eigenvalue weighted by molar-refractivity contribution is 0.365. The minimum absolute atomic E-state index is 0.0423. The Hall–Kier alpha value is -0.240. The summed E-state index contributed by atoms with van der Waals surface area (Å²) in [6.45, 7) is 0. The van der Waals surface area contributed by atoms with Crippen LogP contribution in [-0.2, 0) is 10.0 Å². The molecule has 0 atom stereocenters. The number of thiocarbonyl (C=S) groups is 1. The van der Waals surface area contributed by atoms with Crippen molar-refractivity contribution in [3.05, 3.63) is 0 Å². The van der Waals surface area contributed by atoms with Crippen LogP contribution in [0.4, 0.5) is 0 Å². The number of nitrogens with zero attached hydrogens (tertiary/aromatic N) is 1. The second-order valence-corrected chi connectivity index (χ2v) is 4.44. The second-order valence-electron chi connectivity index (χ2n) is 2.21. The molecule has 0 radical (unpaired) electrons. The van der Waals surface area contributed by atoms with E-state index in [2.05, 4.69) is 17.0 Å². The number of rotatable bonds is 4. The second kappa shape index (κ2) is 3.96. The molecule has 0 saturated carbocycles. The quantitative estimate of drug-likeness (QED) is 0.431. The number of sulfonamides is 1. The van der Waals surface area contributed by atoms with Crippen molar-refractivity contribution in [2.75, 3.05) is 19.8 Å². The van der Waals surface area contributed by atoms with E-state index in [0.717, 1.165) is 0 Å². The Balaban J connectivity index is 4.14. The first-order chi connectivity index (χ1) is 4.83. The van der Waals surface area contributed by atoms with Crippen LogP contribution >= 0.6 is 12.2 Å². The van der Waals surface area contributed by atoms with E-state index in [4.69, 9.17) is 5.73 Å². The Bertz CT molecular complexity index is 234. The lowest BCUT2D eigenvalue weighted by Gasteiger charge is -2.11. The number of nitrogens with one attached hydrogen (secondary N) is 1. The maximum atomic E-state index is 10.9. The van der Waals surface area contributed by atoms with E-state index < -0.39 is 10.0 Å². The molecular formula is C4H11N3O2S2. The minimum atomic E-state index is -3.37. The summed E-state index contributed by atoms with van der Waals surface area (Å²) in [6, 6.07) is 0. The normalized spacial score (nSPS) is 11.9. The first-order valence-electron chi connectivity index (χ1n) is 2.79. The molecule has 66 valence electrons. The summed E-state index contributed by atoms with van der Waals surface area (Å²) in [5.74, 6) is -0.319. The van der Waals surface area contributed by atoms with E-state index in [1.54, 1.807) is 14.1 Å². The Morgan fingerprint density at radius 2 is 2.09 bits per heavy atom. The van der Waals surface area contributed by atoms with E-state index >= 15 is 0 Å². The maximum absolute atomic E-state index is 10.9. The summed E-state index contributed by atoms with van der Waals surface area (Å²) in [7, 11) is -0.237. The summed E-state index contributed by atoms with van der Waals surface area (Å²) in [6.07, 6.45) is 0. The fourth-order valence-corrected chi connectivity index (χ4v) is 1.96. The van der Waals surface area contributed by atoms with Crippen molar-refractivity contribution >= 4 is 27.2 Å². The summed E-state index contributed by atoms with van der Waals surface area (Å²) in [4.78, 5) is 2.15. The van der Waals surface area contributed by atoms with Gasteiger partial charge in [0, 0.05) is 14.1 Å². The molecule has 0 aliphatic rings. The van der Waals surface area contributed by atoms with Crippen LogP contribution in [0.1, 0.15) is 0 Å². The van der Waals surface area contributed by atoms with E-state index in [-0.39, 0.29) is 10.7 Å². The largest absolute Gasteiger partial charge is 0.392 e. The molecular weight excluding hydrogens is 186 g/mol. The van der Waals surface area contributed by atoms with Gasteiger partial charge in [-0.15, -0.1) is 4.83 Å². The molecule has 0 rings (SSSR count). The molecule has 3 N–H and O–H groups in total. The summed E-state index contributed by atoms with van der Waals surface area (Å²) >= 11 is 4.44. The van der Waals surface area contributed by atoms with Gasteiger partial charge in [-0.2, -0.15) is 0 Å². The van der Waals surface area contributed by atoms with Crippen LogP contribution in [0.3, 0.4) is 0 Å². The van der Waals surface area contributed by atoms with Gasteiger partial charge >= 0.3 is 0 Å². The van der Waals surface area contributed by atoms with Crippen molar-refractivity contribution in [1.29, 1.82) is 0 Å². The molecule has 0 bridgehead atoms. The monoisotopic (exact) mass is 197 g/mol. The topological polar surface area (TPSA) is 75.4 Å². The van der Waals surface area contributed by atoms with Crippen LogP contribution in [0.25, 0.3) is 0 Å². The molecule has 0 aromatic carbocycles. The van der Waals surface area contributed by atoms with Gasteiger partial charge in [0.05, 0.1) is 4.99 Å². The zero-order valence-corrected chi connectivity index (χ0v) is 8.00. The third-order valence-corrected chi connectivity index (χ3v) is 2.32. The Morgan fingerprint density at radius 1 is 1.64 bits per heavy atom. The van der Waals surface area contributed by atoms with E-state index in [1.165, 1.54) is 5.01 Å². The first kappa shape index (κ1) is 10.8. The van der Waals surface area contributed by atoms with Gasteiger partial charge < -0.3 is 5.73 Å². The first-order valence-corrected chi connectivity index (χ1v) is 4.85. The molecule has 0 fully saturated rings. The predicted octanol–water partition coefficient (Wildman–Crippen LogP) is -1.33. The smallest absolute Gasteiger partial charge is 0.230 e. The van der Waals surface area contributed by atoms with Crippen molar-refractivity contribution in [2.45, 2.75) is 0 Å². The van der Waals surface area contributed by atoms with E-state index in [0.29, 0.717) is 0 Å². The van der Waals surface area contributed by atoms with Gasteiger partial charge in [-0.05, 0) is 0 Å². The molecule has 0 saturated heterocycles. The zero-order chi connectivity index (χ0) is 9.07. The van der Waals surface area contributed by atoms with Crippen LogP contribution in [0.5, 0.6) is 0 Å². The molecule has 0 unspecified atom stereocenters. The summed E-state index contributed by atoms with van der Waals surface area (Å²) < 4.78 is 21.9. The third kappa shape index (κ3) is 6.17. The molecule has 0 heterocycles. The number of hydrogen-bond donors (Lipinski definition) is 2. The molecule has 5 nitrogen and oxygen atoms in total. The highest BCUT2D eigenvalue weighted by Gasteiger charge is 2.11. The van der Waals surface area contributed by atoms with Gasteiger partial charge in [0.1, 0.15) is 5.75 Å². The van der Waals surface area contributed by atoms with Crippen LogP contribution in [0.2, 0.25) is 0 Å². The molecule has 11 heavy (non-hydrogen) atoms. The van der Waals surface area contributed by atoms with Gasteiger partial charge in [0.15, 0.2) is 0 Å². The predicted molar refractivity (Wildman–Crippen MR) is 47.4 cm³/mol.